The molecular formula is C24H24ClN3O3. The lowest BCUT2D eigenvalue weighted by atomic mass is 9.76. The van der Waals surface area contributed by atoms with Crippen LogP contribution in [0.3, 0.4) is 0 Å². The maximum Gasteiger partial charge on any atom is 0.250 e. The number of nitrogens with one attached hydrogen (secondary N) is 2. The van der Waals surface area contributed by atoms with Crippen LogP contribution in [0.25, 0.3) is 0 Å². The third-order valence-corrected chi connectivity index (χ3v) is 7.38. The van der Waals surface area contributed by atoms with Gasteiger partial charge in [0.1, 0.15) is 5.54 Å². The second-order valence-electron chi connectivity index (χ2n) is 8.67. The molecule has 3 aliphatic heterocycles. The number of halogens is 1. The van der Waals surface area contributed by atoms with Crippen molar-refractivity contribution in [2.24, 2.45) is 11.8 Å². The zero-order valence-corrected chi connectivity index (χ0v) is 18.1. The van der Waals surface area contributed by atoms with E-state index in [0.717, 1.165) is 5.56 Å². The van der Waals surface area contributed by atoms with Gasteiger partial charge in [-0.1, -0.05) is 61.0 Å². The molecule has 3 aliphatic rings. The maximum absolute atomic E-state index is 13.6. The highest BCUT2D eigenvalue weighted by molar-refractivity contribution is 6.35. The van der Waals surface area contributed by atoms with Crippen LogP contribution in [-0.4, -0.2) is 34.7 Å². The molecule has 160 valence electrons. The van der Waals surface area contributed by atoms with Gasteiger partial charge in [0.15, 0.2) is 0 Å². The number of carbonyl (C=O) groups is 3. The van der Waals surface area contributed by atoms with Crippen molar-refractivity contribution >= 4 is 35.0 Å². The summed E-state index contributed by atoms with van der Waals surface area (Å²) in [4.78, 5) is 42.0. The van der Waals surface area contributed by atoms with Crippen LogP contribution in [0.2, 0.25) is 5.02 Å². The Bertz CT molecular complexity index is 1090. The van der Waals surface area contributed by atoms with Crippen molar-refractivity contribution in [2.45, 2.75) is 44.3 Å². The number of anilines is 1. The molecule has 2 fully saturated rings. The topological polar surface area (TPSA) is 78.5 Å². The summed E-state index contributed by atoms with van der Waals surface area (Å²) in [7, 11) is 0. The van der Waals surface area contributed by atoms with Gasteiger partial charge in [0.2, 0.25) is 17.7 Å². The van der Waals surface area contributed by atoms with Crippen molar-refractivity contribution in [1.29, 1.82) is 0 Å². The molecular weight excluding hydrogens is 414 g/mol. The summed E-state index contributed by atoms with van der Waals surface area (Å²) in [5.74, 6) is -2.22. The van der Waals surface area contributed by atoms with Crippen LogP contribution in [0, 0.1) is 11.8 Å². The van der Waals surface area contributed by atoms with Crippen LogP contribution < -0.4 is 10.6 Å². The van der Waals surface area contributed by atoms with E-state index in [0.29, 0.717) is 29.1 Å². The number of nitrogens with zero attached hydrogens (tertiary/aromatic N) is 1. The molecule has 6 nitrogen and oxygen atoms in total. The number of rotatable bonds is 4. The number of likely N-dealkylation sites (tertiary alicyclic amines) is 1. The lowest BCUT2D eigenvalue weighted by molar-refractivity contribution is -0.145. The van der Waals surface area contributed by atoms with E-state index in [-0.39, 0.29) is 29.8 Å². The van der Waals surface area contributed by atoms with Gasteiger partial charge in [0.05, 0.1) is 22.5 Å². The number of para-hydroxylation sites is 1. The molecule has 5 rings (SSSR count). The van der Waals surface area contributed by atoms with Crippen molar-refractivity contribution in [1.82, 2.24) is 10.2 Å². The second kappa shape index (κ2) is 7.18. The minimum atomic E-state index is -1.31. The van der Waals surface area contributed by atoms with Gasteiger partial charge in [-0.2, -0.15) is 0 Å². The Hall–Kier alpha value is -2.70. The predicted molar refractivity (Wildman–Crippen MR) is 117 cm³/mol. The minimum Gasteiger partial charge on any atom is -0.323 e. The molecule has 3 heterocycles. The Kier molecular flexibility index (Phi) is 4.68. The smallest absolute Gasteiger partial charge is 0.250 e. The van der Waals surface area contributed by atoms with Gasteiger partial charge in [-0.3, -0.25) is 24.6 Å². The average Bonchev–Trinajstić information content (AvgIpc) is 3.34. The average molecular weight is 438 g/mol. The fourth-order valence-corrected chi connectivity index (χ4v) is 5.70. The van der Waals surface area contributed by atoms with E-state index >= 15 is 0 Å². The van der Waals surface area contributed by atoms with E-state index in [1.807, 2.05) is 50.2 Å². The zero-order chi connectivity index (χ0) is 21.9. The number of benzene rings is 2. The number of imide groups is 1. The first-order valence-corrected chi connectivity index (χ1v) is 11.1. The molecule has 31 heavy (non-hydrogen) atoms. The van der Waals surface area contributed by atoms with Crippen LogP contribution >= 0.6 is 11.6 Å². The largest absolute Gasteiger partial charge is 0.323 e. The van der Waals surface area contributed by atoms with Crippen molar-refractivity contribution in [2.75, 3.05) is 5.32 Å². The molecule has 2 aromatic rings. The summed E-state index contributed by atoms with van der Waals surface area (Å²) in [6, 6.07) is 14.6. The van der Waals surface area contributed by atoms with Crippen LogP contribution in [0.1, 0.15) is 31.4 Å². The fourth-order valence-electron chi connectivity index (χ4n) is 5.48. The Morgan fingerprint density at radius 2 is 1.81 bits per heavy atom. The normalized spacial score (nSPS) is 30.0. The van der Waals surface area contributed by atoms with Crippen LogP contribution in [0.4, 0.5) is 5.69 Å². The summed E-state index contributed by atoms with van der Waals surface area (Å²) < 4.78 is 0. The Labute approximate surface area is 185 Å². The molecule has 0 aromatic heterocycles. The van der Waals surface area contributed by atoms with Gasteiger partial charge in [0, 0.05) is 17.6 Å². The highest BCUT2D eigenvalue weighted by Crippen LogP contribution is 2.54. The van der Waals surface area contributed by atoms with E-state index in [9.17, 15) is 14.4 Å². The quantitative estimate of drug-likeness (QED) is 0.720. The molecule has 3 amide bonds. The Balaban J connectivity index is 1.66. The first kappa shape index (κ1) is 20.2. The molecule has 0 radical (unpaired) electrons. The fraction of sp³-hybridized carbons (Fsp3) is 0.375. The third-order valence-electron chi connectivity index (χ3n) is 7.06. The predicted octanol–water partition coefficient (Wildman–Crippen LogP) is 3.10. The first-order valence-electron chi connectivity index (χ1n) is 10.7. The number of fused-ring (bicyclic) bond motifs is 4. The molecule has 0 aliphatic carbocycles. The Morgan fingerprint density at radius 1 is 1.06 bits per heavy atom. The molecule has 5 atom stereocenters. The zero-order valence-electron chi connectivity index (χ0n) is 17.4. The van der Waals surface area contributed by atoms with Gasteiger partial charge in [-0.25, -0.2) is 0 Å². The van der Waals surface area contributed by atoms with Gasteiger partial charge >= 0.3 is 0 Å². The molecule has 1 spiro atoms. The van der Waals surface area contributed by atoms with Gasteiger partial charge in [0.25, 0.3) is 0 Å². The van der Waals surface area contributed by atoms with Gasteiger partial charge in [-0.05, 0) is 31.4 Å². The van der Waals surface area contributed by atoms with Crippen molar-refractivity contribution < 1.29 is 14.4 Å². The van der Waals surface area contributed by atoms with E-state index in [4.69, 9.17) is 11.6 Å². The molecule has 0 unspecified atom stereocenters. The Morgan fingerprint density at radius 3 is 2.52 bits per heavy atom. The number of amides is 3. The number of hydrogen-bond donors (Lipinski definition) is 2. The van der Waals surface area contributed by atoms with E-state index in [1.54, 1.807) is 12.1 Å². The third kappa shape index (κ3) is 2.71. The van der Waals surface area contributed by atoms with Crippen molar-refractivity contribution in [3.05, 3.63) is 64.7 Å². The van der Waals surface area contributed by atoms with Gasteiger partial charge < -0.3 is 5.32 Å². The first-order chi connectivity index (χ1) is 14.9. The SMILES string of the molecule is CC[C@@H](C)N1C(=O)[C@H]2[C@@H](C1=O)[C@@]1(N[C@@H]2Cc2ccccc2)C(=O)Nc2c(Cl)cccc21. The molecule has 0 saturated carbocycles. The van der Waals surface area contributed by atoms with Gasteiger partial charge in [-0.15, -0.1) is 0 Å². The summed E-state index contributed by atoms with van der Waals surface area (Å²) in [5.41, 5.74) is 0.896. The summed E-state index contributed by atoms with van der Waals surface area (Å²) in [6.07, 6.45) is 1.20. The highest BCUT2D eigenvalue weighted by Gasteiger charge is 2.70. The monoisotopic (exact) mass is 437 g/mol. The van der Waals surface area contributed by atoms with Crippen LogP contribution in [0.15, 0.2) is 48.5 Å². The molecule has 7 heteroatoms. The van der Waals surface area contributed by atoms with Crippen molar-refractivity contribution in [3.63, 3.8) is 0 Å². The summed E-state index contributed by atoms with van der Waals surface area (Å²) in [6.45, 7) is 3.83. The van der Waals surface area contributed by atoms with Crippen LogP contribution in [-0.2, 0) is 26.3 Å². The lowest BCUT2D eigenvalue weighted by Crippen LogP contribution is -2.54. The second-order valence-corrected chi connectivity index (χ2v) is 9.08. The maximum atomic E-state index is 13.6. The van der Waals surface area contributed by atoms with E-state index < -0.39 is 17.4 Å². The minimum absolute atomic E-state index is 0.196. The lowest BCUT2D eigenvalue weighted by Gasteiger charge is -2.31. The molecule has 2 aromatic carbocycles. The van der Waals surface area contributed by atoms with E-state index in [1.165, 1.54) is 4.90 Å². The molecule has 2 saturated heterocycles. The highest BCUT2D eigenvalue weighted by atomic mass is 35.5. The summed E-state index contributed by atoms with van der Waals surface area (Å²) >= 11 is 6.37. The number of carbonyl (C=O) groups excluding carboxylic acids is 3. The standard InChI is InChI=1S/C24H24ClN3O3/c1-3-13(2)28-21(29)18-17(12-14-8-5-4-6-9-14)27-24(19(18)22(28)30)15-10-7-11-16(25)20(15)26-23(24)31/h4-11,13,17-19,27H,3,12H2,1-2H3,(H,26,31)/t13-,17-,18-,19+,24-/m1/s1. The molecule has 2 N–H and O–H groups in total. The van der Waals surface area contributed by atoms with E-state index in [2.05, 4.69) is 10.6 Å². The van der Waals surface area contributed by atoms with Crippen molar-refractivity contribution in [3.8, 4) is 0 Å². The number of hydrogen-bond acceptors (Lipinski definition) is 4. The van der Waals surface area contributed by atoms with Crippen LogP contribution in [0.5, 0.6) is 0 Å². The summed E-state index contributed by atoms with van der Waals surface area (Å²) in [5, 5.41) is 6.74. The molecule has 0 bridgehead atoms.